The standard InChI is InChI=1S/C28H29N3O3/c32-26(19-25(20-7-3-1-4-8-20)21-9-5-2-6-10-21)31-24-15-13-23(14-16-24)28(34)30-18-17-29-27(33)22-11-12-22/h1-10,13-16,22,25H,11-12,17-19H2,(H,29,33)(H,30,34)(H,31,32). The molecule has 174 valence electrons. The first kappa shape index (κ1) is 23.2. The number of hydrogen-bond acceptors (Lipinski definition) is 3. The van der Waals surface area contributed by atoms with Crippen molar-refractivity contribution in [2.24, 2.45) is 5.92 Å². The number of anilines is 1. The normalized spacial score (nSPS) is 12.7. The molecule has 34 heavy (non-hydrogen) atoms. The van der Waals surface area contributed by atoms with Crippen molar-refractivity contribution in [3.05, 3.63) is 102 Å². The van der Waals surface area contributed by atoms with Gasteiger partial charge in [-0.1, -0.05) is 60.7 Å². The minimum Gasteiger partial charge on any atom is -0.354 e. The van der Waals surface area contributed by atoms with Gasteiger partial charge in [-0.05, 0) is 48.2 Å². The highest BCUT2D eigenvalue weighted by molar-refractivity contribution is 5.96. The highest BCUT2D eigenvalue weighted by Crippen LogP contribution is 2.29. The Labute approximate surface area is 199 Å². The van der Waals surface area contributed by atoms with Gasteiger partial charge in [-0.2, -0.15) is 0 Å². The maximum absolute atomic E-state index is 12.8. The van der Waals surface area contributed by atoms with E-state index in [4.69, 9.17) is 0 Å². The summed E-state index contributed by atoms with van der Waals surface area (Å²) in [7, 11) is 0. The van der Waals surface area contributed by atoms with Gasteiger partial charge >= 0.3 is 0 Å². The summed E-state index contributed by atoms with van der Waals surface area (Å²) in [5.74, 6) is -0.133. The van der Waals surface area contributed by atoms with Crippen molar-refractivity contribution >= 4 is 23.4 Å². The lowest BCUT2D eigenvalue weighted by atomic mass is 9.88. The Balaban J connectivity index is 1.30. The van der Waals surface area contributed by atoms with E-state index in [1.165, 1.54) is 0 Å². The zero-order valence-corrected chi connectivity index (χ0v) is 19.0. The molecule has 3 N–H and O–H groups in total. The number of hydrogen-bond donors (Lipinski definition) is 3. The molecule has 1 saturated carbocycles. The minimum atomic E-state index is -0.216. The van der Waals surface area contributed by atoms with Crippen molar-refractivity contribution in [1.29, 1.82) is 0 Å². The van der Waals surface area contributed by atoms with Crippen LogP contribution in [-0.4, -0.2) is 30.8 Å². The third kappa shape index (κ3) is 6.54. The monoisotopic (exact) mass is 455 g/mol. The fourth-order valence-corrected chi connectivity index (χ4v) is 3.85. The smallest absolute Gasteiger partial charge is 0.251 e. The molecule has 3 aromatic carbocycles. The average molecular weight is 456 g/mol. The maximum Gasteiger partial charge on any atom is 0.251 e. The van der Waals surface area contributed by atoms with Gasteiger partial charge in [0.25, 0.3) is 5.91 Å². The van der Waals surface area contributed by atoms with E-state index in [9.17, 15) is 14.4 Å². The van der Waals surface area contributed by atoms with E-state index in [0.29, 0.717) is 30.8 Å². The van der Waals surface area contributed by atoms with E-state index >= 15 is 0 Å². The van der Waals surface area contributed by atoms with Gasteiger partial charge in [0, 0.05) is 42.6 Å². The summed E-state index contributed by atoms with van der Waals surface area (Å²) in [6.07, 6.45) is 2.23. The van der Waals surface area contributed by atoms with Gasteiger partial charge in [-0.25, -0.2) is 0 Å². The Kier molecular flexibility index (Phi) is 7.71. The van der Waals surface area contributed by atoms with Gasteiger partial charge < -0.3 is 16.0 Å². The summed E-state index contributed by atoms with van der Waals surface area (Å²) in [5.41, 5.74) is 3.31. The quantitative estimate of drug-likeness (QED) is 0.402. The number of carbonyl (C=O) groups excluding carboxylic acids is 3. The van der Waals surface area contributed by atoms with E-state index in [-0.39, 0.29) is 29.6 Å². The van der Waals surface area contributed by atoms with Crippen molar-refractivity contribution in [2.75, 3.05) is 18.4 Å². The first-order valence-electron chi connectivity index (χ1n) is 11.7. The zero-order chi connectivity index (χ0) is 23.8. The van der Waals surface area contributed by atoms with Gasteiger partial charge in [0.2, 0.25) is 11.8 Å². The van der Waals surface area contributed by atoms with E-state index < -0.39 is 0 Å². The first-order valence-corrected chi connectivity index (χ1v) is 11.7. The van der Waals surface area contributed by atoms with Crippen LogP contribution < -0.4 is 16.0 Å². The van der Waals surface area contributed by atoms with Crippen LogP contribution in [0, 0.1) is 5.92 Å². The second kappa shape index (κ2) is 11.3. The van der Waals surface area contributed by atoms with E-state index in [2.05, 4.69) is 16.0 Å². The van der Waals surface area contributed by atoms with Crippen LogP contribution in [0.5, 0.6) is 0 Å². The molecule has 0 unspecified atom stereocenters. The molecule has 1 aliphatic rings. The van der Waals surface area contributed by atoms with Crippen LogP contribution in [0.25, 0.3) is 0 Å². The van der Waals surface area contributed by atoms with Gasteiger partial charge in [-0.3, -0.25) is 14.4 Å². The largest absolute Gasteiger partial charge is 0.354 e. The number of amides is 3. The summed E-state index contributed by atoms with van der Waals surface area (Å²) in [5, 5.41) is 8.56. The lowest BCUT2D eigenvalue weighted by molar-refractivity contribution is -0.122. The van der Waals surface area contributed by atoms with Crippen LogP contribution in [0.2, 0.25) is 0 Å². The number of rotatable bonds is 10. The molecule has 1 aliphatic carbocycles. The minimum absolute atomic E-state index is 0.0483. The summed E-state index contributed by atoms with van der Waals surface area (Å²) in [4.78, 5) is 36.8. The van der Waals surface area contributed by atoms with Crippen molar-refractivity contribution < 1.29 is 14.4 Å². The Hall–Kier alpha value is -3.93. The third-order valence-corrected chi connectivity index (χ3v) is 5.88. The summed E-state index contributed by atoms with van der Waals surface area (Å²) < 4.78 is 0. The van der Waals surface area contributed by atoms with Crippen LogP contribution in [-0.2, 0) is 9.59 Å². The molecule has 6 nitrogen and oxygen atoms in total. The summed E-state index contributed by atoms with van der Waals surface area (Å²) >= 11 is 0. The molecule has 0 bridgehead atoms. The molecular formula is C28H29N3O3. The van der Waals surface area contributed by atoms with Crippen molar-refractivity contribution in [1.82, 2.24) is 10.6 Å². The van der Waals surface area contributed by atoms with Crippen LogP contribution in [0.1, 0.15) is 46.7 Å². The van der Waals surface area contributed by atoms with E-state index in [1.54, 1.807) is 24.3 Å². The van der Waals surface area contributed by atoms with E-state index in [1.807, 2.05) is 60.7 Å². The molecular weight excluding hydrogens is 426 g/mol. The maximum atomic E-state index is 12.8. The molecule has 0 saturated heterocycles. The van der Waals surface area contributed by atoms with Crippen molar-refractivity contribution in [3.8, 4) is 0 Å². The van der Waals surface area contributed by atoms with Gasteiger partial charge in [0.15, 0.2) is 0 Å². The Morgan fingerprint density at radius 3 is 1.85 bits per heavy atom. The summed E-state index contributed by atoms with van der Waals surface area (Å²) in [6, 6.07) is 26.8. The molecule has 0 atom stereocenters. The Morgan fingerprint density at radius 1 is 0.735 bits per heavy atom. The Morgan fingerprint density at radius 2 is 1.29 bits per heavy atom. The summed E-state index contributed by atoms with van der Waals surface area (Å²) in [6.45, 7) is 0.787. The highest BCUT2D eigenvalue weighted by atomic mass is 16.2. The van der Waals surface area contributed by atoms with Crippen molar-refractivity contribution in [2.45, 2.75) is 25.2 Å². The molecule has 6 heteroatoms. The topological polar surface area (TPSA) is 87.3 Å². The molecule has 0 spiro atoms. The van der Waals surface area contributed by atoms with Crippen LogP contribution in [0.15, 0.2) is 84.9 Å². The van der Waals surface area contributed by atoms with Crippen molar-refractivity contribution in [3.63, 3.8) is 0 Å². The second-order valence-corrected chi connectivity index (χ2v) is 8.52. The molecule has 0 radical (unpaired) electrons. The average Bonchev–Trinajstić information content (AvgIpc) is 3.72. The van der Waals surface area contributed by atoms with Crippen LogP contribution >= 0.6 is 0 Å². The highest BCUT2D eigenvalue weighted by Gasteiger charge is 2.29. The van der Waals surface area contributed by atoms with Gasteiger partial charge in [-0.15, -0.1) is 0 Å². The molecule has 3 aromatic rings. The van der Waals surface area contributed by atoms with Gasteiger partial charge in [0.1, 0.15) is 0 Å². The number of benzene rings is 3. The van der Waals surface area contributed by atoms with Gasteiger partial charge in [0.05, 0.1) is 0 Å². The Bertz CT molecular complexity index is 1070. The molecule has 3 amide bonds. The van der Waals surface area contributed by atoms with Crippen LogP contribution in [0.3, 0.4) is 0 Å². The van der Waals surface area contributed by atoms with E-state index in [0.717, 1.165) is 24.0 Å². The fraction of sp³-hybridized carbons (Fsp3) is 0.250. The molecule has 0 aliphatic heterocycles. The number of carbonyl (C=O) groups is 3. The molecule has 0 heterocycles. The predicted molar refractivity (Wildman–Crippen MR) is 132 cm³/mol. The third-order valence-electron chi connectivity index (χ3n) is 5.88. The fourth-order valence-electron chi connectivity index (χ4n) is 3.85. The second-order valence-electron chi connectivity index (χ2n) is 8.52. The number of nitrogens with one attached hydrogen (secondary N) is 3. The lowest BCUT2D eigenvalue weighted by Crippen LogP contribution is -2.35. The zero-order valence-electron chi connectivity index (χ0n) is 19.0. The molecule has 0 aromatic heterocycles. The molecule has 1 fully saturated rings. The molecule has 4 rings (SSSR count). The SMILES string of the molecule is O=C(CC(c1ccccc1)c1ccccc1)Nc1ccc(C(=O)NCCNC(=O)C2CC2)cc1. The predicted octanol–water partition coefficient (Wildman–Crippen LogP) is 4.10. The first-order chi connectivity index (χ1) is 16.6. The lowest BCUT2D eigenvalue weighted by Gasteiger charge is -2.18. The van der Waals surface area contributed by atoms with Crippen LogP contribution in [0.4, 0.5) is 5.69 Å².